The number of thiophene rings is 1. The Morgan fingerprint density at radius 1 is 1.62 bits per heavy atom. The summed E-state index contributed by atoms with van der Waals surface area (Å²) in [5.41, 5.74) is 5.52. The number of nitrogens with one attached hydrogen (secondary N) is 1. The average Bonchev–Trinajstić information content (AvgIpc) is 2.73. The number of hydrogen-bond acceptors (Lipinski definition) is 5. The Hall–Kier alpha value is -1.73. The monoisotopic (exact) mass is 241 g/mol. The van der Waals surface area contributed by atoms with E-state index in [1.165, 1.54) is 11.4 Å². The Morgan fingerprint density at radius 2 is 2.38 bits per heavy atom. The van der Waals surface area contributed by atoms with Crippen LogP contribution in [0.25, 0.3) is 0 Å². The zero-order valence-electron chi connectivity index (χ0n) is 8.38. The first-order valence-electron chi connectivity index (χ1n) is 4.51. The summed E-state index contributed by atoms with van der Waals surface area (Å²) in [6, 6.07) is 1.26. The van der Waals surface area contributed by atoms with Gasteiger partial charge in [-0.05, 0) is 0 Å². The molecule has 1 aromatic rings. The van der Waals surface area contributed by atoms with Gasteiger partial charge in [-0.25, -0.2) is 0 Å². The van der Waals surface area contributed by atoms with Gasteiger partial charge in [0.05, 0.1) is 10.5 Å². The molecule has 0 aliphatic rings. The fraction of sp³-hybridized carbons (Fsp3) is 0.222. The fourth-order valence-corrected chi connectivity index (χ4v) is 1.68. The molecule has 0 radical (unpaired) electrons. The minimum absolute atomic E-state index is 0.0392. The van der Waals surface area contributed by atoms with Crippen molar-refractivity contribution in [3.8, 4) is 0 Å². The van der Waals surface area contributed by atoms with Gasteiger partial charge in [0.25, 0.3) is 5.91 Å². The van der Waals surface area contributed by atoms with E-state index in [1.807, 2.05) is 0 Å². The van der Waals surface area contributed by atoms with Crippen LogP contribution in [-0.4, -0.2) is 23.9 Å². The number of carbonyl (C=O) groups is 1. The minimum Gasteiger partial charge on any atom is -0.349 e. The third kappa shape index (κ3) is 3.44. The molecule has 1 rings (SSSR count). The SMILES string of the molecule is NC/C=C/CNC(=O)c1csc([N+](=O)[O-])c1. The molecule has 0 bridgehead atoms. The maximum atomic E-state index is 11.5. The van der Waals surface area contributed by atoms with Crippen LogP contribution in [0.1, 0.15) is 10.4 Å². The van der Waals surface area contributed by atoms with E-state index in [0.717, 1.165) is 11.3 Å². The van der Waals surface area contributed by atoms with E-state index in [0.29, 0.717) is 18.7 Å². The lowest BCUT2D eigenvalue weighted by molar-refractivity contribution is -0.380. The molecule has 0 saturated carbocycles. The van der Waals surface area contributed by atoms with E-state index in [1.54, 1.807) is 12.2 Å². The molecule has 0 fully saturated rings. The van der Waals surface area contributed by atoms with Gasteiger partial charge in [-0.15, -0.1) is 0 Å². The molecule has 0 spiro atoms. The smallest absolute Gasteiger partial charge is 0.324 e. The van der Waals surface area contributed by atoms with Gasteiger partial charge >= 0.3 is 5.00 Å². The first kappa shape index (κ1) is 12.3. The molecule has 1 amide bonds. The Kier molecular flexibility index (Phi) is 4.62. The zero-order valence-corrected chi connectivity index (χ0v) is 9.20. The summed E-state index contributed by atoms with van der Waals surface area (Å²) in [6.45, 7) is 0.777. The molecule has 1 aromatic heterocycles. The van der Waals surface area contributed by atoms with Crippen LogP contribution in [0, 0.1) is 10.1 Å². The summed E-state index contributed by atoms with van der Waals surface area (Å²) >= 11 is 0.932. The summed E-state index contributed by atoms with van der Waals surface area (Å²) < 4.78 is 0. The number of nitrogens with zero attached hydrogens (tertiary/aromatic N) is 1. The number of amides is 1. The van der Waals surface area contributed by atoms with Gasteiger partial charge in [0.15, 0.2) is 0 Å². The van der Waals surface area contributed by atoms with E-state index in [4.69, 9.17) is 5.73 Å². The molecule has 7 heteroatoms. The van der Waals surface area contributed by atoms with Gasteiger partial charge in [-0.1, -0.05) is 23.5 Å². The number of carbonyl (C=O) groups excluding carboxylic acids is 1. The van der Waals surface area contributed by atoms with E-state index >= 15 is 0 Å². The van der Waals surface area contributed by atoms with Gasteiger partial charge in [0.2, 0.25) is 0 Å². The molecular formula is C9H11N3O3S. The largest absolute Gasteiger partial charge is 0.349 e. The van der Waals surface area contributed by atoms with Crippen LogP contribution >= 0.6 is 11.3 Å². The van der Waals surface area contributed by atoms with Crippen molar-refractivity contribution in [2.75, 3.05) is 13.1 Å². The van der Waals surface area contributed by atoms with E-state index < -0.39 is 4.92 Å². The third-order valence-electron chi connectivity index (χ3n) is 1.71. The molecule has 86 valence electrons. The van der Waals surface area contributed by atoms with E-state index in [2.05, 4.69) is 5.32 Å². The van der Waals surface area contributed by atoms with Crippen LogP contribution < -0.4 is 11.1 Å². The van der Waals surface area contributed by atoms with E-state index in [-0.39, 0.29) is 10.9 Å². The Balaban J connectivity index is 2.53. The van der Waals surface area contributed by atoms with Crippen molar-refractivity contribution in [3.63, 3.8) is 0 Å². The van der Waals surface area contributed by atoms with Gasteiger partial charge in [-0.2, -0.15) is 0 Å². The summed E-state index contributed by atoms with van der Waals surface area (Å²) in [7, 11) is 0. The van der Waals surface area contributed by atoms with Gasteiger partial charge < -0.3 is 11.1 Å². The van der Waals surface area contributed by atoms with Crippen LogP contribution in [0.4, 0.5) is 5.00 Å². The molecular weight excluding hydrogens is 230 g/mol. The standard InChI is InChI=1S/C9H11N3O3S/c10-3-1-2-4-11-9(13)7-5-8(12(14)15)16-6-7/h1-2,5-6H,3-4,10H2,(H,11,13)/b2-1+. The maximum Gasteiger partial charge on any atom is 0.324 e. The highest BCUT2D eigenvalue weighted by molar-refractivity contribution is 7.13. The lowest BCUT2D eigenvalue weighted by atomic mass is 10.3. The van der Waals surface area contributed by atoms with Crippen LogP contribution in [-0.2, 0) is 0 Å². The Morgan fingerprint density at radius 3 is 2.94 bits per heavy atom. The lowest BCUT2D eigenvalue weighted by Gasteiger charge is -1.97. The lowest BCUT2D eigenvalue weighted by Crippen LogP contribution is -2.22. The summed E-state index contributed by atoms with van der Waals surface area (Å²) in [5.74, 6) is -0.328. The van der Waals surface area contributed by atoms with Crippen molar-refractivity contribution >= 4 is 22.2 Å². The topological polar surface area (TPSA) is 98.3 Å². The van der Waals surface area contributed by atoms with Crippen molar-refractivity contribution in [1.29, 1.82) is 0 Å². The van der Waals surface area contributed by atoms with Gasteiger partial charge in [0.1, 0.15) is 0 Å². The van der Waals surface area contributed by atoms with Crippen LogP contribution in [0.3, 0.4) is 0 Å². The zero-order chi connectivity index (χ0) is 12.0. The molecule has 16 heavy (non-hydrogen) atoms. The number of hydrogen-bond donors (Lipinski definition) is 2. The minimum atomic E-state index is -0.518. The molecule has 3 N–H and O–H groups in total. The molecule has 6 nitrogen and oxygen atoms in total. The fourth-order valence-electron chi connectivity index (χ4n) is 0.973. The predicted molar refractivity (Wildman–Crippen MR) is 61.5 cm³/mol. The highest BCUT2D eigenvalue weighted by atomic mass is 32.1. The molecule has 0 saturated heterocycles. The normalized spacial score (nSPS) is 10.6. The Bertz CT molecular complexity index is 414. The molecule has 0 atom stereocenters. The number of rotatable bonds is 5. The van der Waals surface area contributed by atoms with Gasteiger partial charge in [-0.3, -0.25) is 14.9 Å². The molecule has 0 aliphatic heterocycles. The van der Waals surface area contributed by atoms with Gasteiger partial charge in [0, 0.05) is 24.5 Å². The Labute approximate surface area is 95.9 Å². The second kappa shape index (κ2) is 5.99. The first-order valence-corrected chi connectivity index (χ1v) is 5.39. The average molecular weight is 241 g/mol. The summed E-state index contributed by atoms with van der Waals surface area (Å²) in [6.07, 6.45) is 3.44. The maximum absolute atomic E-state index is 11.5. The van der Waals surface area contributed by atoms with Crippen LogP contribution in [0.5, 0.6) is 0 Å². The molecule has 0 unspecified atom stereocenters. The van der Waals surface area contributed by atoms with E-state index in [9.17, 15) is 14.9 Å². The highest BCUT2D eigenvalue weighted by Gasteiger charge is 2.13. The van der Waals surface area contributed by atoms with Crippen molar-refractivity contribution in [2.24, 2.45) is 5.73 Å². The van der Waals surface area contributed by atoms with Crippen LogP contribution in [0.2, 0.25) is 0 Å². The second-order valence-electron chi connectivity index (χ2n) is 2.85. The van der Waals surface area contributed by atoms with Crippen molar-refractivity contribution < 1.29 is 9.72 Å². The van der Waals surface area contributed by atoms with Crippen molar-refractivity contribution in [3.05, 3.63) is 39.3 Å². The quantitative estimate of drug-likeness (QED) is 0.454. The predicted octanol–water partition coefficient (Wildman–Crippen LogP) is 0.901. The van der Waals surface area contributed by atoms with Crippen molar-refractivity contribution in [1.82, 2.24) is 5.32 Å². The third-order valence-corrected chi connectivity index (χ3v) is 2.59. The summed E-state index contributed by atoms with van der Waals surface area (Å²) in [4.78, 5) is 21.3. The second-order valence-corrected chi connectivity index (χ2v) is 3.74. The van der Waals surface area contributed by atoms with Crippen LogP contribution in [0.15, 0.2) is 23.6 Å². The van der Waals surface area contributed by atoms with Crippen molar-refractivity contribution in [2.45, 2.75) is 0 Å². The highest BCUT2D eigenvalue weighted by Crippen LogP contribution is 2.22. The molecule has 0 aromatic carbocycles. The molecule has 0 aliphatic carbocycles. The summed E-state index contributed by atoms with van der Waals surface area (Å²) in [5, 5.41) is 14.4. The number of nitrogens with two attached hydrogens (primary N) is 1. The first-order chi connectivity index (χ1) is 7.65. The molecule has 1 heterocycles. The number of nitro groups is 1.